The lowest BCUT2D eigenvalue weighted by Crippen LogP contribution is -2.32. The summed E-state index contributed by atoms with van der Waals surface area (Å²) in [4.78, 5) is 11.2. The Morgan fingerprint density at radius 3 is 2.50 bits per heavy atom. The first-order valence-corrected chi connectivity index (χ1v) is 10.1. The Bertz CT molecular complexity index is 467. The molecule has 0 aliphatic carbocycles. The van der Waals surface area contributed by atoms with Gasteiger partial charge in [-0.3, -0.25) is 4.79 Å². The second-order valence-corrected chi connectivity index (χ2v) is 9.53. The fourth-order valence-electron chi connectivity index (χ4n) is 1.12. The lowest BCUT2D eigenvalue weighted by atomic mass is 10.3. The van der Waals surface area contributed by atoms with Crippen LogP contribution in [0.3, 0.4) is 0 Å². The molecule has 0 aliphatic rings. The Morgan fingerprint density at radius 1 is 1.44 bits per heavy atom. The van der Waals surface area contributed by atoms with Gasteiger partial charge >= 0.3 is 11.1 Å². The molecule has 0 radical (unpaired) electrons. The normalized spacial score (nSPS) is 15.6. The van der Waals surface area contributed by atoms with E-state index in [9.17, 15) is 9.36 Å². The van der Waals surface area contributed by atoms with Gasteiger partial charge in [0.15, 0.2) is 0 Å². The Balaban J connectivity index is 2.67. The first-order valence-electron chi connectivity index (χ1n) is 4.94. The molecule has 8 heteroatoms. The van der Waals surface area contributed by atoms with Gasteiger partial charge in [-0.2, -0.15) is 0 Å². The van der Waals surface area contributed by atoms with Gasteiger partial charge in [0.2, 0.25) is 0 Å². The number of ether oxygens (including phenoxy) is 1. The first-order chi connectivity index (χ1) is 8.34. The van der Waals surface area contributed by atoms with Gasteiger partial charge in [-0.25, -0.2) is 9.65 Å². The van der Waals surface area contributed by atoms with Crippen LogP contribution < -0.4 is 9.61 Å². The Kier molecular flexibility index (Phi) is 6.10. The number of benzene rings is 1. The summed E-state index contributed by atoms with van der Waals surface area (Å²) in [7, 11) is 1.27. The van der Waals surface area contributed by atoms with Crippen molar-refractivity contribution in [2.45, 2.75) is 13.0 Å². The summed E-state index contributed by atoms with van der Waals surface area (Å²) in [6.45, 7) is 1.56. The molecule has 0 amide bonds. The highest BCUT2D eigenvalue weighted by molar-refractivity contribution is 14.2. The minimum Gasteiger partial charge on any atom is -0.468 e. The number of rotatable bonds is 5. The minimum atomic E-state index is -3.15. The van der Waals surface area contributed by atoms with Crippen molar-refractivity contribution in [3.63, 3.8) is 0 Å². The maximum Gasteiger partial charge on any atom is 0.374 e. The summed E-state index contributed by atoms with van der Waals surface area (Å²) in [6.07, 6.45) is 0. The molecule has 1 rings (SSSR count). The van der Waals surface area contributed by atoms with E-state index in [4.69, 9.17) is 4.52 Å². The lowest BCUT2D eigenvalue weighted by Gasteiger charge is -2.18. The summed E-state index contributed by atoms with van der Waals surface area (Å²) in [5, 5.41) is -0.545. The smallest absolute Gasteiger partial charge is 0.374 e. The van der Waals surface area contributed by atoms with E-state index in [2.05, 4.69) is 25.8 Å². The molecule has 0 aliphatic heterocycles. The van der Waals surface area contributed by atoms with Gasteiger partial charge in [-0.05, 0) is 31.2 Å². The van der Waals surface area contributed by atoms with Crippen molar-refractivity contribution in [2.24, 2.45) is 0 Å². The molecule has 18 heavy (non-hydrogen) atoms. The number of hydrogen-bond donors (Lipinski definition) is 1. The van der Waals surface area contributed by atoms with Crippen LogP contribution in [0.1, 0.15) is 6.92 Å². The van der Waals surface area contributed by atoms with Crippen LogP contribution in [-0.4, -0.2) is 19.1 Å². The fraction of sp³-hybridized carbons (Fsp3) is 0.300. The van der Waals surface area contributed by atoms with Crippen molar-refractivity contribution in [1.82, 2.24) is 5.09 Å². The highest BCUT2D eigenvalue weighted by Crippen LogP contribution is 2.51. The number of hydrogen-bond acceptors (Lipinski definition) is 4. The highest BCUT2D eigenvalue weighted by Gasteiger charge is 2.26. The number of methoxy groups -OCH3 is 1. The minimum absolute atomic E-state index is 0.459. The van der Waals surface area contributed by atoms with Crippen LogP contribution in [0.15, 0.2) is 28.7 Å². The average molecular weight is 448 g/mol. The second kappa shape index (κ2) is 6.88. The molecule has 2 atom stereocenters. The van der Waals surface area contributed by atoms with E-state index >= 15 is 0 Å². The zero-order chi connectivity index (χ0) is 13.8. The standard InChI is InChI=1S/C10H12BrINO4P/c1-7(10(14)16-2)13-18(12,15)17-9-5-3-8(11)4-6-9/h3-7H,1-2H3,(H,13,15)/t7-,18?/m0/s1. The molecule has 1 unspecified atom stereocenters. The molecule has 0 fully saturated rings. The van der Waals surface area contributed by atoms with Crippen molar-refractivity contribution in [1.29, 1.82) is 0 Å². The molecular weight excluding hydrogens is 436 g/mol. The molecule has 0 saturated carbocycles. The summed E-state index contributed by atoms with van der Waals surface area (Å²) in [6, 6.07) is 6.21. The number of esters is 1. The molecule has 0 aromatic heterocycles. The molecule has 1 aromatic rings. The zero-order valence-electron chi connectivity index (χ0n) is 9.72. The molecular formula is C10H12BrINO4P. The van der Waals surface area contributed by atoms with Crippen molar-refractivity contribution in [2.75, 3.05) is 7.11 Å². The van der Waals surface area contributed by atoms with E-state index < -0.39 is 17.2 Å². The van der Waals surface area contributed by atoms with Crippen LogP contribution in [0.25, 0.3) is 0 Å². The van der Waals surface area contributed by atoms with Gasteiger partial charge in [-0.1, -0.05) is 15.9 Å². The van der Waals surface area contributed by atoms with E-state index in [1.165, 1.54) is 7.11 Å². The maximum absolute atomic E-state index is 12.1. The van der Waals surface area contributed by atoms with E-state index in [0.29, 0.717) is 5.75 Å². The third kappa shape index (κ3) is 5.26. The fourth-order valence-corrected chi connectivity index (χ4v) is 4.33. The Labute approximate surface area is 127 Å². The molecule has 5 nitrogen and oxygen atoms in total. The topological polar surface area (TPSA) is 64.6 Å². The number of nitrogens with one attached hydrogen (secondary N) is 1. The number of carbonyl (C=O) groups is 1. The van der Waals surface area contributed by atoms with Gasteiger partial charge in [0, 0.05) is 4.47 Å². The highest BCUT2D eigenvalue weighted by atomic mass is 127. The predicted octanol–water partition coefficient (Wildman–Crippen LogP) is 3.52. The van der Waals surface area contributed by atoms with Crippen molar-refractivity contribution >= 4 is 49.1 Å². The molecule has 0 heterocycles. The second-order valence-electron chi connectivity index (χ2n) is 3.40. The van der Waals surface area contributed by atoms with Gasteiger partial charge in [0.1, 0.15) is 11.8 Å². The molecule has 1 N–H and O–H groups in total. The van der Waals surface area contributed by atoms with E-state index in [0.717, 1.165) is 4.47 Å². The maximum atomic E-state index is 12.1. The zero-order valence-corrected chi connectivity index (χ0v) is 14.4. The summed E-state index contributed by atoms with van der Waals surface area (Å²) < 4.78 is 22.9. The van der Waals surface area contributed by atoms with Crippen LogP contribution in [0, 0.1) is 0 Å². The van der Waals surface area contributed by atoms with Gasteiger partial charge in [-0.15, -0.1) is 0 Å². The first kappa shape index (κ1) is 15.9. The van der Waals surface area contributed by atoms with Gasteiger partial charge < -0.3 is 9.26 Å². The van der Waals surface area contributed by atoms with Crippen molar-refractivity contribution in [3.05, 3.63) is 28.7 Å². The summed E-state index contributed by atoms with van der Waals surface area (Å²) >= 11 is 4.95. The SMILES string of the molecule is COC(=O)[C@H](C)NP(=O)(I)Oc1ccc(Br)cc1. The van der Waals surface area contributed by atoms with Crippen LogP contribution in [0.2, 0.25) is 0 Å². The Morgan fingerprint density at radius 2 is 2.00 bits per heavy atom. The average Bonchev–Trinajstić information content (AvgIpc) is 2.30. The predicted molar refractivity (Wildman–Crippen MR) is 81.0 cm³/mol. The summed E-state index contributed by atoms with van der Waals surface area (Å²) in [5.74, 6) is -0.0354. The number of halogens is 2. The molecule has 0 spiro atoms. The largest absolute Gasteiger partial charge is 0.468 e. The quantitative estimate of drug-likeness (QED) is 0.425. The monoisotopic (exact) mass is 447 g/mol. The summed E-state index contributed by atoms with van der Waals surface area (Å²) in [5.41, 5.74) is 0. The lowest BCUT2D eigenvalue weighted by molar-refractivity contribution is -0.142. The Hall–Kier alpha value is -0.110. The van der Waals surface area contributed by atoms with Crippen LogP contribution in [0.5, 0.6) is 5.75 Å². The van der Waals surface area contributed by atoms with E-state index in [-0.39, 0.29) is 0 Å². The third-order valence-corrected chi connectivity index (χ3v) is 5.04. The van der Waals surface area contributed by atoms with Crippen LogP contribution in [-0.2, 0) is 14.1 Å². The van der Waals surface area contributed by atoms with E-state index in [1.54, 1.807) is 53.2 Å². The van der Waals surface area contributed by atoms with Gasteiger partial charge in [0.05, 0.1) is 29.2 Å². The third-order valence-electron chi connectivity index (χ3n) is 1.94. The van der Waals surface area contributed by atoms with Crippen molar-refractivity contribution < 1.29 is 18.6 Å². The van der Waals surface area contributed by atoms with Crippen molar-refractivity contribution in [3.8, 4) is 5.75 Å². The van der Waals surface area contributed by atoms with E-state index in [1.807, 2.05) is 0 Å². The molecule has 0 saturated heterocycles. The number of carbonyl (C=O) groups excluding carboxylic acids is 1. The molecule has 100 valence electrons. The molecule has 1 aromatic carbocycles. The van der Waals surface area contributed by atoms with Crippen LogP contribution in [0.4, 0.5) is 0 Å². The van der Waals surface area contributed by atoms with Gasteiger partial charge in [0.25, 0.3) is 0 Å². The van der Waals surface area contributed by atoms with Crippen LogP contribution >= 0.6 is 43.1 Å². The molecule has 0 bridgehead atoms.